The van der Waals surface area contributed by atoms with Gasteiger partial charge in [0.15, 0.2) is 0 Å². The molecule has 1 fully saturated rings. The number of piperidine rings is 1. The van der Waals surface area contributed by atoms with Crippen LogP contribution < -0.4 is 9.47 Å². The summed E-state index contributed by atoms with van der Waals surface area (Å²) >= 11 is 0. The summed E-state index contributed by atoms with van der Waals surface area (Å²) in [5, 5.41) is 20.8. The van der Waals surface area contributed by atoms with Crippen LogP contribution in [-0.2, 0) is 4.79 Å². The van der Waals surface area contributed by atoms with E-state index in [0.717, 1.165) is 25.1 Å². The highest BCUT2D eigenvalue weighted by Gasteiger charge is 2.33. The zero-order valence-corrected chi connectivity index (χ0v) is 19.9. The normalized spacial score (nSPS) is 25.1. The van der Waals surface area contributed by atoms with Crippen molar-refractivity contribution in [1.82, 2.24) is 4.90 Å². The number of phenols is 1. The number of hydrogen-bond donors (Lipinski definition) is 2. The molecule has 3 rings (SSSR count). The minimum absolute atomic E-state index is 0.00529. The summed E-state index contributed by atoms with van der Waals surface area (Å²) in [6.07, 6.45) is 7.55. The molecular formula is C26H37NO5. The topological polar surface area (TPSA) is 79.2 Å². The molecule has 0 radical (unpaired) electrons. The van der Waals surface area contributed by atoms with Crippen LogP contribution in [0.4, 0.5) is 0 Å². The Kier molecular flexibility index (Phi) is 7.88. The van der Waals surface area contributed by atoms with E-state index in [1.54, 1.807) is 33.3 Å². The predicted octanol–water partition coefficient (Wildman–Crippen LogP) is 4.27. The second-order valence-corrected chi connectivity index (χ2v) is 9.46. The smallest absolute Gasteiger partial charge is 0.223 e. The van der Waals surface area contributed by atoms with E-state index in [0.29, 0.717) is 35.3 Å². The number of amides is 1. The SMILES string of the molecule is COc1cc(O)c(C(CC(=O)N2CC(C)C[C@@H](C)C2)C2C=CC(C(C)O)=CC2)c(OC)c1. The lowest BCUT2D eigenvalue weighted by Crippen LogP contribution is -2.43. The second-order valence-electron chi connectivity index (χ2n) is 9.46. The molecule has 1 aliphatic heterocycles. The number of phenolic OH excluding ortho intramolecular Hbond substituents is 1. The van der Waals surface area contributed by atoms with Gasteiger partial charge in [0.2, 0.25) is 5.91 Å². The Labute approximate surface area is 191 Å². The van der Waals surface area contributed by atoms with Crippen LogP contribution in [0.25, 0.3) is 0 Å². The standard InChI is InChI=1S/C26H37NO5/c1-16-10-17(2)15-27(14-16)25(30)13-22(20-8-6-19(7-9-20)18(3)28)26-23(29)11-21(31-4)12-24(26)32-5/h6-8,11-12,16-18,20,22,28-29H,9-10,13-15H2,1-5H3/t16-,17?,18?,20?,22?/m1/s1. The fraction of sp³-hybridized carbons (Fsp3) is 0.577. The van der Waals surface area contributed by atoms with Crippen LogP contribution in [-0.4, -0.2) is 54.4 Å². The minimum atomic E-state index is -0.535. The van der Waals surface area contributed by atoms with Crippen molar-refractivity contribution in [3.8, 4) is 17.2 Å². The summed E-state index contributed by atoms with van der Waals surface area (Å²) in [6.45, 7) is 7.67. The van der Waals surface area contributed by atoms with E-state index in [4.69, 9.17) is 9.47 Å². The van der Waals surface area contributed by atoms with Crippen molar-refractivity contribution in [3.63, 3.8) is 0 Å². The van der Waals surface area contributed by atoms with Crippen molar-refractivity contribution in [2.75, 3.05) is 27.3 Å². The van der Waals surface area contributed by atoms with Gasteiger partial charge in [-0.2, -0.15) is 0 Å². The van der Waals surface area contributed by atoms with Crippen LogP contribution in [0.3, 0.4) is 0 Å². The van der Waals surface area contributed by atoms with Gasteiger partial charge in [0.25, 0.3) is 0 Å². The third-order valence-corrected chi connectivity index (χ3v) is 6.70. The van der Waals surface area contributed by atoms with E-state index in [9.17, 15) is 15.0 Å². The number of carbonyl (C=O) groups is 1. The molecule has 4 unspecified atom stereocenters. The van der Waals surface area contributed by atoms with Crippen LogP contribution in [0.2, 0.25) is 0 Å². The minimum Gasteiger partial charge on any atom is -0.507 e. The molecule has 1 amide bonds. The molecule has 1 aliphatic carbocycles. The van der Waals surface area contributed by atoms with Gasteiger partial charge in [0, 0.05) is 43.1 Å². The van der Waals surface area contributed by atoms with Crippen LogP contribution >= 0.6 is 0 Å². The fourth-order valence-electron chi connectivity index (χ4n) is 5.16. The number of aromatic hydroxyl groups is 1. The highest BCUT2D eigenvalue weighted by atomic mass is 16.5. The first kappa shape index (κ1) is 24.2. The Morgan fingerprint density at radius 2 is 1.88 bits per heavy atom. The lowest BCUT2D eigenvalue weighted by atomic mass is 9.77. The summed E-state index contributed by atoms with van der Waals surface area (Å²) in [7, 11) is 3.10. The number of allylic oxidation sites excluding steroid dienone is 2. The Morgan fingerprint density at radius 1 is 1.19 bits per heavy atom. The van der Waals surface area contributed by atoms with E-state index in [2.05, 4.69) is 13.8 Å². The third-order valence-electron chi connectivity index (χ3n) is 6.70. The molecule has 0 aromatic heterocycles. The molecular weight excluding hydrogens is 406 g/mol. The predicted molar refractivity (Wildman–Crippen MR) is 125 cm³/mol. The van der Waals surface area contributed by atoms with Crippen molar-refractivity contribution in [2.24, 2.45) is 17.8 Å². The molecule has 0 saturated carbocycles. The van der Waals surface area contributed by atoms with Gasteiger partial charge >= 0.3 is 0 Å². The van der Waals surface area contributed by atoms with Gasteiger partial charge in [-0.1, -0.05) is 32.1 Å². The summed E-state index contributed by atoms with van der Waals surface area (Å²) in [4.78, 5) is 15.4. The van der Waals surface area contributed by atoms with Gasteiger partial charge in [-0.25, -0.2) is 0 Å². The third kappa shape index (κ3) is 5.47. The van der Waals surface area contributed by atoms with Gasteiger partial charge in [-0.05, 0) is 43.1 Å². The molecule has 5 atom stereocenters. The molecule has 1 heterocycles. The molecule has 1 saturated heterocycles. The molecule has 6 heteroatoms. The number of methoxy groups -OCH3 is 2. The van der Waals surface area contributed by atoms with Gasteiger partial charge in [-0.3, -0.25) is 4.79 Å². The van der Waals surface area contributed by atoms with Crippen molar-refractivity contribution < 1.29 is 24.5 Å². The van der Waals surface area contributed by atoms with Crippen LogP contribution in [0.5, 0.6) is 17.2 Å². The molecule has 2 aliphatic rings. The first-order valence-electron chi connectivity index (χ1n) is 11.5. The Hall–Kier alpha value is -2.47. The number of benzene rings is 1. The summed E-state index contributed by atoms with van der Waals surface area (Å²) in [5.41, 5.74) is 1.50. The zero-order chi connectivity index (χ0) is 23.4. The number of hydrogen-bond acceptors (Lipinski definition) is 5. The van der Waals surface area contributed by atoms with Crippen molar-refractivity contribution >= 4 is 5.91 Å². The lowest BCUT2D eigenvalue weighted by Gasteiger charge is -2.37. The largest absolute Gasteiger partial charge is 0.507 e. The first-order chi connectivity index (χ1) is 15.2. The van der Waals surface area contributed by atoms with Crippen molar-refractivity contribution in [1.29, 1.82) is 0 Å². The number of nitrogens with zero attached hydrogens (tertiary/aromatic N) is 1. The summed E-state index contributed by atoms with van der Waals surface area (Å²) < 4.78 is 10.9. The number of aliphatic hydroxyl groups is 1. The Bertz CT molecular complexity index is 865. The van der Waals surface area contributed by atoms with Gasteiger partial charge in [0.1, 0.15) is 17.2 Å². The van der Waals surface area contributed by atoms with Crippen LogP contribution in [0.15, 0.2) is 35.9 Å². The zero-order valence-electron chi connectivity index (χ0n) is 19.9. The Balaban J connectivity index is 1.94. The molecule has 6 nitrogen and oxygen atoms in total. The fourth-order valence-corrected chi connectivity index (χ4v) is 5.16. The number of likely N-dealkylation sites (tertiary alicyclic amines) is 1. The number of carbonyl (C=O) groups excluding carboxylic acids is 1. The lowest BCUT2D eigenvalue weighted by molar-refractivity contribution is -0.134. The maximum absolute atomic E-state index is 13.4. The molecule has 0 spiro atoms. The van der Waals surface area contributed by atoms with E-state index in [-0.39, 0.29) is 29.9 Å². The quantitative estimate of drug-likeness (QED) is 0.658. The average molecular weight is 444 g/mol. The molecule has 1 aromatic carbocycles. The van der Waals surface area contributed by atoms with Crippen molar-refractivity contribution in [3.05, 3.63) is 41.5 Å². The van der Waals surface area contributed by atoms with E-state index in [1.165, 1.54) is 0 Å². The van der Waals surface area contributed by atoms with Gasteiger partial charge in [-0.15, -0.1) is 0 Å². The van der Waals surface area contributed by atoms with E-state index in [1.807, 2.05) is 23.1 Å². The van der Waals surface area contributed by atoms with Gasteiger partial charge < -0.3 is 24.6 Å². The van der Waals surface area contributed by atoms with E-state index >= 15 is 0 Å². The average Bonchev–Trinajstić information content (AvgIpc) is 2.76. The molecule has 1 aromatic rings. The monoisotopic (exact) mass is 443 g/mol. The summed E-state index contributed by atoms with van der Waals surface area (Å²) in [6, 6.07) is 3.32. The second kappa shape index (κ2) is 10.4. The molecule has 0 bridgehead atoms. The molecule has 2 N–H and O–H groups in total. The van der Waals surface area contributed by atoms with Gasteiger partial charge in [0.05, 0.1) is 20.3 Å². The van der Waals surface area contributed by atoms with Crippen LogP contribution in [0.1, 0.15) is 51.5 Å². The maximum atomic E-state index is 13.4. The maximum Gasteiger partial charge on any atom is 0.223 e. The van der Waals surface area contributed by atoms with Crippen LogP contribution in [0, 0.1) is 17.8 Å². The highest BCUT2D eigenvalue weighted by molar-refractivity contribution is 5.78. The Morgan fingerprint density at radius 3 is 2.41 bits per heavy atom. The number of aliphatic hydroxyl groups excluding tert-OH is 1. The van der Waals surface area contributed by atoms with Crippen molar-refractivity contribution in [2.45, 2.75) is 52.1 Å². The summed E-state index contributed by atoms with van der Waals surface area (Å²) in [5.74, 6) is 1.88. The highest BCUT2D eigenvalue weighted by Crippen LogP contribution is 2.45. The number of rotatable bonds is 7. The molecule has 176 valence electrons. The first-order valence-corrected chi connectivity index (χ1v) is 11.5. The molecule has 32 heavy (non-hydrogen) atoms. The van der Waals surface area contributed by atoms with E-state index < -0.39 is 6.10 Å². The number of ether oxygens (including phenoxy) is 2.